The van der Waals surface area contributed by atoms with Gasteiger partial charge in [-0.1, -0.05) is 35.8 Å². The second-order valence-electron chi connectivity index (χ2n) is 7.64. The topological polar surface area (TPSA) is 84.8 Å². The molecule has 3 rings (SSSR count). The SMILES string of the molecule is CCS(=O)(=O)CC(=O)NCc1ccc(C2=NOC(c3cc(Br)c(F)c(Br)c3)(C(F)(F)F)C2)cc1Cl. The lowest BCUT2D eigenvalue weighted by Gasteiger charge is -2.29. The van der Waals surface area contributed by atoms with Gasteiger partial charge in [-0.25, -0.2) is 12.8 Å². The van der Waals surface area contributed by atoms with Crippen LogP contribution in [0.15, 0.2) is 44.4 Å². The highest BCUT2D eigenvalue weighted by Crippen LogP contribution is 2.50. The van der Waals surface area contributed by atoms with E-state index in [-0.39, 0.29) is 43.1 Å². The minimum absolute atomic E-state index is 0.0366. The Labute approximate surface area is 220 Å². The Morgan fingerprint density at radius 1 is 1.23 bits per heavy atom. The molecular weight excluding hydrogens is 648 g/mol. The van der Waals surface area contributed by atoms with E-state index in [1.165, 1.54) is 25.1 Å². The second-order valence-corrected chi connectivity index (χ2v) is 12.1. The first-order chi connectivity index (χ1) is 16.2. The van der Waals surface area contributed by atoms with Crippen molar-refractivity contribution in [3.05, 3.63) is 66.8 Å². The van der Waals surface area contributed by atoms with E-state index in [1.807, 2.05) is 0 Å². The van der Waals surface area contributed by atoms with Gasteiger partial charge in [-0.15, -0.1) is 0 Å². The molecule has 1 aliphatic rings. The lowest BCUT2D eigenvalue weighted by molar-refractivity contribution is -0.275. The maximum Gasteiger partial charge on any atom is 0.435 e. The molecule has 2 aromatic carbocycles. The van der Waals surface area contributed by atoms with E-state index >= 15 is 0 Å². The third-order valence-corrected chi connectivity index (χ3v) is 8.38. The van der Waals surface area contributed by atoms with Crippen molar-refractivity contribution in [1.82, 2.24) is 5.32 Å². The third-order valence-electron chi connectivity index (χ3n) is 5.29. The van der Waals surface area contributed by atoms with Gasteiger partial charge in [-0.3, -0.25) is 4.79 Å². The number of sulfone groups is 1. The van der Waals surface area contributed by atoms with Gasteiger partial charge in [0, 0.05) is 34.9 Å². The predicted molar refractivity (Wildman–Crippen MR) is 129 cm³/mol. The first-order valence-electron chi connectivity index (χ1n) is 9.92. The van der Waals surface area contributed by atoms with Crippen LogP contribution < -0.4 is 5.32 Å². The third kappa shape index (κ3) is 6.00. The van der Waals surface area contributed by atoms with Crippen LogP contribution in [-0.4, -0.2) is 37.7 Å². The molecule has 1 unspecified atom stereocenters. The van der Waals surface area contributed by atoms with E-state index in [0.29, 0.717) is 5.56 Å². The van der Waals surface area contributed by atoms with Crippen molar-refractivity contribution in [2.45, 2.75) is 31.7 Å². The summed E-state index contributed by atoms with van der Waals surface area (Å²) in [6.45, 7) is 1.35. The number of oxime groups is 1. The summed E-state index contributed by atoms with van der Waals surface area (Å²) in [7, 11) is -3.50. The first-order valence-corrected chi connectivity index (χ1v) is 13.7. The number of carbonyl (C=O) groups excluding carboxylic acids is 1. The lowest BCUT2D eigenvalue weighted by Crippen LogP contribution is -2.42. The maximum atomic E-state index is 14.2. The molecule has 0 saturated heterocycles. The van der Waals surface area contributed by atoms with Crippen LogP contribution in [-0.2, 0) is 31.6 Å². The number of halogens is 7. The number of nitrogens with one attached hydrogen (secondary N) is 1. The van der Waals surface area contributed by atoms with Crippen LogP contribution in [0.5, 0.6) is 0 Å². The molecule has 1 heterocycles. The quantitative estimate of drug-likeness (QED) is 0.307. The van der Waals surface area contributed by atoms with Crippen molar-refractivity contribution in [2.24, 2.45) is 5.16 Å². The van der Waals surface area contributed by atoms with Gasteiger partial charge in [0.25, 0.3) is 5.60 Å². The molecule has 14 heteroatoms. The molecule has 1 N–H and O–H groups in total. The van der Waals surface area contributed by atoms with Gasteiger partial charge in [0.15, 0.2) is 15.7 Å². The Morgan fingerprint density at radius 3 is 2.40 bits per heavy atom. The lowest BCUT2D eigenvalue weighted by atomic mass is 9.86. The molecule has 0 fully saturated rings. The van der Waals surface area contributed by atoms with Gasteiger partial charge in [-0.2, -0.15) is 13.2 Å². The molecule has 1 amide bonds. The number of carbonyl (C=O) groups is 1. The van der Waals surface area contributed by atoms with Gasteiger partial charge in [0.05, 0.1) is 14.7 Å². The average molecular weight is 665 g/mol. The van der Waals surface area contributed by atoms with E-state index in [9.17, 15) is 30.8 Å². The van der Waals surface area contributed by atoms with Crippen molar-refractivity contribution < 1.29 is 35.6 Å². The highest BCUT2D eigenvalue weighted by molar-refractivity contribution is 9.11. The number of hydrogen-bond acceptors (Lipinski definition) is 5. The first kappa shape index (κ1) is 27.9. The van der Waals surface area contributed by atoms with E-state index < -0.39 is 45.5 Å². The van der Waals surface area contributed by atoms with E-state index in [2.05, 4.69) is 42.3 Å². The minimum atomic E-state index is -4.89. The van der Waals surface area contributed by atoms with Crippen molar-refractivity contribution in [3.63, 3.8) is 0 Å². The van der Waals surface area contributed by atoms with Gasteiger partial charge in [0.2, 0.25) is 5.91 Å². The molecule has 0 radical (unpaired) electrons. The molecule has 0 bridgehead atoms. The van der Waals surface area contributed by atoms with E-state index in [0.717, 1.165) is 12.1 Å². The summed E-state index contributed by atoms with van der Waals surface area (Å²) >= 11 is 12.1. The summed E-state index contributed by atoms with van der Waals surface area (Å²) in [5, 5.41) is 6.22. The summed E-state index contributed by atoms with van der Waals surface area (Å²) in [5.41, 5.74) is -2.55. The van der Waals surface area contributed by atoms with Gasteiger partial charge in [-0.05, 0) is 55.6 Å². The number of rotatable bonds is 7. The van der Waals surface area contributed by atoms with Crippen LogP contribution in [0.4, 0.5) is 17.6 Å². The summed E-state index contributed by atoms with van der Waals surface area (Å²) < 4.78 is 79.2. The standard InChI is InChI=1S/C21H17Br2ClF4N2O4S/c1-2-35(32,33)10-18(31)29-9-12-4-3-11(5-16(12)24)17-8-20(34-30-17,21(26,27)28)13-6-14(22)19(25)15(23)7-13/h3-7H,2,8-10H2,1H3,(H,29,31). The van der Waals surface area contributed by atoms with E-state index in [4.69, 9.17) is 16.4 Å². The molecular formula is C21H17Br2ClF4N2O4S. The number of amides is 1. The molecule has 0 spiro atoms. The van der Waals surface area contributed by atoms with Crippen LogP contribution >= 0.6 is 43.5 Å². The predicted octanol–water partition coefficient (Wildman–Crippen LogP) is 5.64. The molecule has 1 aliphatic heterocycles. The largest absolute Gasteiger partial charge is 0.435 e. The van der Waals surface area contributed by atoms with Gasteiger partial charge >= 0.3 is 6.18 Å². The number of alkyl halides is 3. The fourth-order valence-corrected chi connectivity index (χ4v) is 5.40. The maximum absolute atomic E-state index is 14.2. The Kier molecular flexibility index (Phi) is 8.24. The van der Waals surface area contributed by atoms with Crippen molar-refractivity contribution in [1.29, 1.82) is 0 Å². The van der Waals surface area contributed by atoms with Crippen molar-refractivity contribution in [3.8, 4) is 0 Å². The Bertz CT molecular complexity index is 1280. The average Bonchev–Trinajstić information content (AvgIpc) is 3.23. The Morgan fingerprint density at radius 2 is 1.86 bits per heavy atom. The zero-order valence-electron chi connectivity index (χ0n) is 17.8. The molecule has 0 aromatic heterocycles. The highest BCUT2D eigenvalue weighted by Gasteiger charge is 2.62. The van der Waals surface area contributed by atoms with Crippen LogP contribution in [0.25, 0.3) is 0 Å². The zero-order chi connectivity index (χ0) is 26.2. The van der Waals surface area contributed by atoms with Crippen LogP contribution in [0.3, 0.4) is 0 Å². The van der Waals surface area contributed by atoms with Crippen LogP contribution in [0, 0.1) is 5.82 Å². The van der Waals surface area contributed by atoms with Gasteiger partial charge in [0.1, 0.15) is 5.75 Å². The van der Waals surface area contributed by atoms with Crippen LogP contribution in [0.2, 0.25) is 5.02 Å². The summed E-state index contributed by atoms with van der Waals surface area (Å²) in [6, 6.07) is 6.29. The molecule has 0 saturated carbocycles. The molecule has 0 aliphatic carbocycles. The molecule has 190 valence electrons. The van der Waals surface area contributed by atoms with Gasteiger partial charge < -0.3 is 10.2 Å². The smallest absolute Gasteiger partial charge is 0.374 e. The minimum Gasteiger partial charge on any atom is -0.374 e. The fraction of sp³-hybridized carbons (Fsp3) is 0.333. The fourth-order valence-electron chi connectivity index (χ4n) is 3.26. The summed E-state index contributed by atoms with van der Waals surface area (Å²) in [5.74, 6) is -2.30. The van der Waals surface area contributed by atoms with Crippen molar-refractivity contribution >= 4 is 64.9 Å². The van der Waals surface area contributed by atoms with E-state index in [1.54, 1.807) is 0 Å². The number of benzene rings is 2. The highest BCUT2D eigenvalue weighted by atomic mass is 79.9. The molecule has 2 aromatic rings. The molecule has 1 atom stereocenters. The van der Waals surface area contributed by atoms with Crippen molar-refractivity contribution in [2.75, 3.05) is 11.5 Å². The number of nitrogens with zero attached hydrogens (tertiary/aromatic N) is 1. The molecule has 35 heavy (non-hydrogen) atoms. The normalized spacial score (nSPS) is 18.2. The zero-order valence-corrected chi connectivity index (χ0v) is 22.6. The number of hydrogen-bond donors (Lipinski definition) is 1. The summed E-state index contributed by atoms with van der Waals surface area (Å²) in [6.07, 6.45) is -5.58. The Balaban J connectivity index is 1.81. The Hall–Kier alpha value is -1.70. The monoisotopic (exact) mass is 662 g/mol. The second kappa shape index (κ2) is 10.3. The summed E-state index contributed by atoms with van der Waals surface area (Å²) in [4.78, 5) is 16.8. The molecule has 6 nitrogen and oxygen atoms in total. The van der Waals surface area contributed by atoms with Crippen LogP contribution in [0.1, 0.15) is 30.0 Å².